The van der Waals surface area contributed by atoms with Gasteiger partial charge in [0.05, 0.1) is 0 Å². The molecule has 2 atom stereocenters. The first-order chi connectivity index (χ1) is 9.68. The lowest BCUT2D eigenvalue weighted by Crippen LogP contribution is -2.49. The first kappa shape index (κ1) is 14.1. The normalized spacial score (nSPS) is 26.2. The van der Waals surface area contributed by atoms with Gasteiger partial charge in [-0.25, -0.2) is 0 Å². The molecule has 0 spiro atoms. The highest BCUT2D eigenvalue weighted by Gasteiger charge is 2.36. The third kappa shape index (κ3) is 2.52. The van der Waals surface area contributed by atoms with Crippen LogP contribution in [0.25, 0.3) is 0 Å². The summed E-state index contributed by atoms with van der Waals surface area (Å²) in [7, 11) is 0. The summed E-state index contributed by atoms with van der Waals surface area (Å²) in [5.41, 5.74) is 1.93. The van der Waals surface area contributed by atoms with Crippen molar-refractivity contribution in [3.05, 3.63) is 33.8 Å². The Morgan fingerprint density at radius 2 is 1.95 bits per heavy atom. The molecule has 1 saturated heterocycles. The SMILES string of the molecule is Cc1c(Br)cccc1C(=O)N1CCCC2CCCCC21. The molecule has 2 aliphatic rings. The van der Waals surface area contributed by atoms with Gasteiger partial charge in [-0.3, -0.25) is 4.79 Å². The lowest BCUT2D eigenvalue weighted by atomic mass is 9.78. The van der Waals surface area contributed by atoms with E-state index in [0.29, 0.717) is 6.04 Å². The van der Waals surface area contributed by atoms with Crippen molar-refractivity contribution < 1.29 is 4.79 Å². The predicted octanol–water partition coefficient (Wildman–Crippen LogP) is 4.55. The molecule has 0 bridgehead atoms. The van der Waals surface area contributed by atoms with E-state index in [2.05, 4.69) is 20.8 Å². The van der Waals surface area contributed by atoms with E-state index in [4.69, 9.17) is 0 Å². The largest absolute Gasteiger partial charge is 0.335 e. The van der Waals surface area contributed by atoms with Crippen molar-refractivity contribution in [1.29, 1.82) is 0 Å². The second kappa shape index (κ2) is 5.88. The summed E-state index contributed by atoms with van der Waals surface area (Å²) in [5, 5.41) is 0. The second-order valence-electron chi connectivity index (χ2n) is 6.17. The molecule has 1 heterocycles. The summed E-state index contributed by atoms with van der Waals surface area (Å²) in [6, 6.07) is 6.43. The summed E-state index contributed by atoms with van der Waals surface area (Å²) in [4.78, 5) is 15.1. The van der Waals surface area contributed by atoms with Crippen LogP contribution >= 0.6 is 15.9 Å². The van der Waals surface area contributed by atoms with Crippen LogP contribution < -0.4 is 0 Å². The number of likely N-dealkylation sites (tertiary alicyclic amines) is 1. The quantitative estimate of drug-likeness (QED) is 0.737. The molecule has 0 aromatic heterocycles. The maximum absolute atomic E-state index is 12.9. The van der Waals surface area contributed by atoms with Gasteiger partial charge in [0.1, 0.15) is 0 Å². The number of benzene rings is 1. The van der Waals surface area contributed by atoms with Crippen LogP contribution in [0.3, 0.4) is 0 Å². The van der Waals surface area contributed by atoms with Crippen LogP contribution in [0.2, 0.25) is 0 Å². The lowest BCUT2D eigenvalue weighted by molar-refractivity contribution is 0.0390. The molecule has 1 aromatic rings. The van der Waals surface area contributed by atoms with E-state index in [1.54, 1.807) is 0 Å². The van der Waals surface area contributed by atoms with Crippen LogP contribution in [-0.2, 0) is 0 Å². The molecule has 20 heavy (non-hydrogen) atoms. The maximum Gasteiger partial charge on any atom is 0.254 e. The summed E-state index contributed by atoms with van der Waals surface area (Å²) < 4.78 is 1.03. The van der Waals surface area contributed by atoms with Crippen LogP contribution in [0.4, 0.5) is 0 Å². The Balaban J connectivity index is 1.87. The number of carbonyl (C=O) groups is 1. The van der Waals surface area contributed by atoms with Gasteiger partial charge in [0.25, 0.3) is 5.91 Å². The average molecular weight is 336 g/mol. The molecular weight excluding hydrogens is 314 g/mol. The van der Waals surface area contributed by atoms with Gasteiger partial charge in [-0.15, -0.1) is 0 Å². The Morgan fingerprint density at radius 3 is 2.80 bits per heavy atom. The van der Waals surface area contributed by atoms with Gasteiger partial charge in [-0.1, -0.05) is 34.8 Å². The van der Waals surface area contributed by atoms with E-state index in [0.717, 1.165) is 28.1 Å². The van der Waals surface area contributed by atoms with Gasteiger partial charge in [0, 0.05) is 22.6 Å². The van der Waals surface area contributed by atoms with E-state index in [1.165, 1.54) is 38.5 Å². The van der Waals surface area contributed by atoms with Crippen molar-refractivity contribution in [2.75, 3.05) is 6.54 Å². The fraction of sp³-hybridized carbons (Fsp3) is 0.588. The third-order valence-corrected chi connectivity index (χ3v) is 5.86. The predicted molar refractivity (Wildman–Crippen MR) is 84.9 cm³/mol. The number of fused-ring (bicyclic) bond motifs is 1. The Kier molecular flexibility index (Phi) is 4.16. The zero-order valence-electron chi connectivity index (χ0n) is 12.1. The minimum atomic E-state index is 0.236. The van der Waals surface area contributed by atoms with E-state index in [1.807, 2.05) is 25.1 Å². The molecule has 0 N–H and O–H groups in total. The molecule has 108 valence electrons. The number of rotatable bonds is 1. The minimum Gasteiger partial charge on any atom is -0.335 e. The lowest BCUT2D eigenvalue weighted by Gasteiger charge is -2.44. The van der Waals surface area contributed by atoms with Crippen molar-refractivity contribution in [3.63, 3.8) is 0 Å². The van der Waals surface area contributed by atoms with Gasteiger partial charge in [-0.05, 0) is 56.2 Å². The molecule has 2 nitrogen and oxygen atoms in total. The second-order valence-corrected chi connectivity index (χ2v) is 7.02. The van der Waals surface area contributed by atoms with Crippen molar-refractivity contribution >= 4 is 21.8 Å². The van der Waals surface area contributed by atoms with Gasteiger partial charge in [0.15, 0.2) is 0 Å². The summed E-state index contributed by atoms with van der Waals surface area (Å²) >= 11 is 3.54. The van der Waals surface area contributed by atoms with Crippen LogP contribution in [0.1, 0.15) is 54.4 Å². The molecule has 1 saturated carbocycles. The van der Waals surface area contributed by atoms with Gasteiger partial charge >= 0.3 is 0 Å². The zero-order chi connectivity index (χ0) is 14.1. The monoisotopic (exact) mass is 335 g/mol. The minimum absolute atomic E-state index is 0.236. The van der Waals surface area contributed by atoms with Crippen molar-refractivity contribution in [3.8, 4) is 0 Å². The van der Waals surface area contributed by atoms with Crippen LogP contribution in [0.5, 0.6) is 0 Å². The van der Waals surface area contributed by atoms with Gasteiger partial charge in [-0.2, -0.15) is 0 Å². The third-order valence-electron chi connectivity index (χ3n) is 5.00. The van der Waals surface area contributed by atoms with E-state index in [-0.39, 0.29) is 5.91 Å². The molecule has 3 heteroatoms. The molecule has 3 rings (SSSR count). The first-order valence-electron chi connectivity index (χ1n) is 7.74. The van der Waals surface area contributed by atoms with E-state index >= 15 is 0 Å². The highest BCUT2D eigenvalue weighted by Crippen LogP contribution is 2.36. The average Bonchev–Trinajstić information content (AvgIpc) is 2.49. The molecule has 1 aliphatic carbocycles. The standard InChI is InChI=1S/C17H22BrNO/c1-12-14(8-4-9-15(12)18)17(20)19-11-5-7-13-6-2-3-10-16(13)19/h4,8-9,13,16H,2-3,5-7,10-11H2,1H3. The molecule has 1 aliphatic heterocycles. The topological polar surface area (TPSA) is 20.3 Å². The first-order valence-corrected chi connectivity index (χ1v) is 8.54. The Morgan fingerprint density at radius 1 is 1.20 bits per heavy atom. The van der Waals surface area contributed by atoms with E-state index in [9.17, 15) is 4.79 Å². The van der Waals surface area contributed by atoms with Crippen LogP contribution in [0.15, 0.2) is 22.7 Å². The number of hydrogen-bond acceptors (Lipinski definition) is 1. The van der Waals surface area contributed by atoms with Gasteiger partial charge in [0.2, 0.25) is 0 Å². The van der Waals surface area contributed by atoms with Crippen LogP contribution in [0, 0.1) is 12.8 Å². The maximum atomic E-state index is 12.9. The van der Waals surface area contributed by atoms with Crippen molar-refractivity contribution in [1.82, 2.24) is 4.90 Å². The number of carbonyl (C=O) groups excluding carboxylic acids is 1. The summed E-state index contributed by atoms with van der Waals surface area (Å²) in [6.45, 7) is 2.96. The van der Waals surface area contributed by atoms with Crippen molar-refractivity contribution in [2.45, 2.75) is 51.5 Å². The molecular formula is C17H22BrNO. The summed E-state index contributed by atoms with van der Waals surface area (Å²) in [5.74, 6) is 0.981. The number of nitrogens with zero attached hydrogens (tertiary/aromatic N) is 1. The highest BCUT2D eigenvalue weighted by molar-refractivity contribution is 9.10. The summed E-state index contributed by atoms with van der Waals surface area (Å²) in [6.07, 6.45) is 7.61. The number of amides is 1. The number of piperidine rings is 1. The number of halogens is 1. The molecule has 0 radical (unpaired) electrons. The van der Waals surface area contributed by atoms with E-state index < -0.39 is 0 Å². The fourth-order valence-corrected chi connectivity index (χ4v) is 4.24. The van der Waals surface area contributed by atoms with Crippen LogP contribution in [-0.4, -0.2) is 23.4 Å². The highest BCUT2D eigenvalue weighted by atomic mass is 79.9. The molecule has 1 aromatic carbocycles. The Labute approximate surface area is 129 Å². The fourth-order valence-electron chi connectivity index (χ4n) is 3.87. The molecule has 1 amide bonds. The smallest absolute Gasteiger partial charge is 0.254 e. The molecule has 2 fully saturated rings. The Hall–Kier alpha value is -0.830. The number of hydrogen-bond donors (Lipinski definition) is 0. The molecule has 2 unspecified atom stereocenters. The van der Waals surface area contributed by atoms with Gasteiger partial charge < -0.3 is 4.90 Å². The zero-order valence-corrected chi connectivity index (χ0v) is 13.7. The van der Waals surface area contributed by atoms with Crippen molar-refractivity contribution in [2.24, 2.45) is 5.92 Å². The Bertz CT molecular complexity index is 512.